The zero-order valence-corrected chi connectivity index (χ0v) is 12.5. The van der Waals surface area contributed by atoms with Gasteiger partial charge in [-0.1, -0.05) is 12.1 Å². The second kappa shape index (κ2) is 7.68. The minimum Gasteiger partial charge on any atom is -0.508 e. The van der Waals surface area contributed by atoms with Gasteiger partial charge in [-0.25, -0.2) is 4.79 Å². The van der Waals surface area contributed by atoms with Crippen LogP contribution in [0.25, 0.3) is 0 Å². The van der Waals surface area contributed by atoms with Gasteiger partial charge in [0.1, 0.15) is 5.75 Å². The summed E-state index contributed by atoms with van der Waals surface area (Å²) in [4.78, 5) is 24.6. The molecule has 0 saturated carbocycles. The molecule has 0 unspecified atom stereocenters. The summed E-state index contributed by atoms with van der Waals surface area (Å²) in [5.41, 5.74) is 1.03. The number of nitrogens with one attached hydrogen (secondary N) is 1. The van der Waals surface area contributed by atoms with Gasteiger partial charge in [-0.05, 0) is 43.4 Å². The van der Waals surface area contributed by atoms with E-state index >= 15 is 0 Å². The van der Waals surface area contributed by atoms with Crippen LogP contribution >= 0.6 is 0 Å². The molecule has 1 heterocycles. The van der Waals surface area contributed by atoms with Crippen molar-refractivity contribution in [1.82, 2.24) is 10.2 Å². The van der Waals surface area contributed by atoms with E-state index in [4.69, 9.17) is 5.11 Å². The average Bonchev–Trinajstić information content (AvgIpc) is 2.51. The number of carboxylic acids is 1. The molecule has 120 valence electrons. The summed E-state index contributed by atoms with van der Waals surface area (Å²) in [6.45, 7) is 1.43. The first-order valence-electron chi connectivity index (χ1n) is 7.60. The highest BCUT2D eigenvalue weighted by Crippen LogP contribution is 2.16. The molecule has 0 spiro atoms. The molecule has 6 heteroatoms. The van der Waals surface area contributed by atoms with E-state index in [2.05, 4.69) is 5.32 Å². The van der Waals surface area contributed by atoms with Crippen molar-refractivity contribution < 1.29 is 19.8 Å². The Kier molecular flexibility index (Phi) is 5.63. The van der Waals surface area contributed by atoms with Crippen molar-refractivity contribution in [2.45, 2.75) is 25.7 Å². The molecule has 0 radical (unpaired) electrons. The molecule has 3 N–H and O–H groups in total. The van der Waals surface area contributed by atoms with Crippen LogP contribution in [0, 0.1) is 5.92 Å². The van der Waals surface area contributed by atoms with Crippen molar-refractivity contribution in [1.29, 1.82) is 0 Å². The van der Waals surface area contributed by atoms with Gasteiger partial charge in [0.05, 0.1) is 5.92 Å². The largest absolute Gasteiger partial charge is 0.508 e. The first-order valence-corrected chi connectivity index (χ1v) is 7.60. The van der Waals surface area contributed by atoms with Gasteiger partial charge in [-0.3, -0.25) is 4.79 Å². The molecule has 0 aliphatic carbocycles. The standard InChI is InChI=1S/C16H22N2O4/c19-14-7-1-4-12(10-14)5-2-8-17-16(22)18-9-3-6-13(11-18)15(20)21/h1,4,7,10,13,19H,2-3,5-6,8-9,11H2,(H,17,22)(H,20,21)/t13-/m1/s1. The van der Waals surface area contributed by atoms with E-state index in [-0.39, 0.29) is 18.3 Å². The van der Waals surface area contributed by atoms with Gasteiger partial charge in [-0.2, -0.15) is 0 Å². The van der Waals surface area contributed by atoms with Crippen LogP contribution in [0.3, 0.4) is 0 Å². The molecular formula is C16H22N2O4. The maximum absolute atomic E-state index is 12.0. The van der Waals surface area contributed by atoms with Crippen LogP contribution in [0.4, 0.5) is 4.79 Å². The van der Waals surface area contributed by atoms with E-state index in [9.17, 15) is 14.7 Å². The number of aryl methyl sites for hydroxylation is 1. The van der Waals surface area contributed by atoms with Crippen molar-refractivity contribution in [3.63, 3.8) is 0 Å². The van der Waals surface area contributed by atoms with Gasteiger partial charge in [0.15, 0.2) is 0 Å². The van der Waals surface area contributed by atoms with E-state index in [0.717, 1.165) is 24.8 Å². The number of likely N-dealkylation sites (tertiary alicyclic amines) is 1. The van der Waals surface area contributed by atoms with E-state index < -0.39 is 11.9 Å². The summed E-state index contributed by atoms with van der Waals surface area (Å²) in [6.07, 6.45) is 2.90. The molecule has 2 rings (SSSR count). The number of carbonyl (C=O) groups excluding carboxylic acids is 1. The van der Waals surface area contributed by atoms with Gasteiger partial charge >= 0.3 is 12.0 Å². The second-order valence-corrected chi connectivity index (χ2v) is 5.63. The van der Waals surface area contributed by atoms with E-state index in [1.807, 2.05) is 6.07 Å². The highest BCUT2D eigenvalue weighted by molar-refractivity contribution is 5.76. The third kappa shape index (κ3) is 4.65. The maximum Gasteiger partial charge on any atom is 0.317 e. The third-order valence-electron chi connectivity index (χ3n) is 3.89. The van der Waals surface area contributed by atoms with Crippen LogP contribution in [-0.4, -0.2) is 46.7 Å². The number of phenols is 1. The summed E-state index contributed by atoms with van der Waals surface area (Å²) >= 11 is 0. The Morgan fingerprint density at radius 1 is 1.36 bits per heavy atom. The fraction of sp³-hybridized carbons (Fsp3) is 0.500. The lowest BCUT2D eigenvalue weighted by Gasteiger charge is -2.30. The molecule has 1 aliphatic rings. The fourth-order valence-corrected chi connectivity index (χ4v) is 2.67. The SMILES string of the molecule is O=C(O)[C@@H]1CCCN(C(=O)NCCCc2cccc(O)c2)C1. The number of phenolic OH excluding ortho intramolecular Hbond substituents is 1. The second-order valence-electron chi connectivity index (χ2n) is 5.63. The topological polar surface area (TPSA) is 89.9 Å². The minimum atomic E-state index is -0.832. The van der Waals surface area contributed by atoms with Crippen LogP contribution < -0.4 is 5.32 Å². The summed E-state index contributed by atoms with van der Waals surface area (Å²) < 4.78 is 0. The Morgan fingerprint density at radius 2 is 2.18 bits per heavy atom. The smallest absolute Gasteiger partial charge is 0.317 e. The number of urea groups is 1. The van der Waals surface area contributed by atoms with E-state index in [1.165, 1.54) is 0 Å². The van der Waals surface area contributed by atoms with Gasteiger partial charge in [0.25, 0.3) is 0 Å². The third-order valence-corrected chi connectivity index (χ3v) is 3.89. The van der Waals surface area contributed by atoms with Crippen LogP contribution in [-0.2, 0) is 11.2 Å². The molecule has 0 aromatic heterocycles. The number of hydrogen-bond donors (Lipinski definition) is 3. The number of hydrogen-bond acceptors (Lipinski definition) is 3. The molecule has 1 aromatic carbocycles. The zero-order chi connectivity index (χ0) is 15.9. The number of aromatic hydroxyl groups is 1. The molecule has 6 nitrogen and oxygen atoms in total. The number of benzene rings is 1. The number of carbonyl (C=O) groups is 2. The minimum absolute atomic E-state index is 0.193. The van der Waals surface area contributed by atoms with Crippen molar-refractivity contribution in [2.75, 3.05) is 19.6 Å². The first-order chi connectivity index (χ1) is 10.6. The normalized spacial score (nSPS) is 18.0. The Hall–Kier alpha value is -2.24. The van der Waals surface area contributed by atoms with Crippen LogP contribution in [0.2, 0.25) is 0 Å². The molecule has 1 aromatic rings. The van der Waals surface area contributed by atoms with Crippen molar-refractivity contribution >= 4 is 12.0 Å². The number of rotatable bonds is 5. The van der Waals surface area contributed by atoms with Gasteiger partial charge in [-0.15, -0.1) is 0 Å². The van der Waals surface area contributed by atoms with E-state index in [0.29, 0.717) is 19.5 Å². The van der Waals surface area contributed by atoms with Crippen molar-refractivity contribution in [3.8, 4) is 5.75 Å². The monoisotopic (exact) mass is 306 g/mol. The van der Waals surface area contributed by atoms with Gasteiger partial charge in [0, 0.05) is 19.6 Å². The Labute approximate surface area is 129 Å². The first kappa shape index (κ1) is 16.1. The van der Waals surface area contributed by atoms with Gasteiger partial charge < -0.3 is 20.4 Å². The Balaban J connectivity index is 1.70. The number of carboxylic acid groups (broad SMARTS) is 1. The lowest BCUT2D eigenvalue weighted by molar-refractivity contribution is -0.143. The molecule has 1 atom stereocenters. The molecule has 1 aliphatic heterocycles. The summed E-state index contributed by atoms with van der Waals surface area (Å²) in [5, 5.41) is 21.2. The Morgan fingerprint density at radius 3 is 2.91 bits per heavy atom. The van der Waals surface area contributed by atoms with Crippen LogP contribution in [0.5, 0.6) is 5.75 Å². The average molecular weight is 306 g/mol. The molecular weight excluding hydrogens is 284 g/mol. The molecule has 1 saturated heterocycles. The summed E-state index contributed by atoms with van der Waals surface area (Å²) in [6, 6.07) is 6.87. The molecule has 0 bridgehead atoms. The van der Waals surface area contributed by atoms with Crippen LogP contribution in [0.15, 0.2) is 24.3 Å². The maximum atomic E-state index is 12.0. The predicted molar refractivity (Wildman–Crippen MR) is 81.8 cm³/mol. The van der Waals surface area contributed by atoms with Crippen LogP contribution in [0.1, 0.15) is 24.8 Å². The number of piperidine rings is 1. The Bertz CT molecular complexity index is 533. The predicted octanol–water partition coefficient (Wildman–Crippen LogP) is 1.83. The fourth-order valence-electron chi connectivity index (χ4n) is 2.67. The highest BCUT2D eigenvalue weighted by Gasteiger charge is 2.27. The van der Waals surface area contributed by atoms with Crippen molar-refractivity contribution in [2.24, 2.45) is 5.92 Å². The number of nitrogens with zero attached hydrogens (tertiary/aromatic N) is 1. The van der Waals surface area contributed by atoms with E-state index in [1.54, 1.807) is 23.1 Å². The lowest BCUT2D eigenvalue weighted by Crippen LogP contribution is -2.47. The molecule has 2 amide bonds. The molecule has 22 heavy (non-hydrogen) atoms. The quantitative estimate of drug-likeness (QED) is 0.724. The zero-order valence-electron chi connectivity index (χ0n) is 12.5. The number of amides is 2. The number of aliphatic carboxylic acids is 1. The highest BCUT2D eigenvalue weighted by atomic mass is 16.4. The summed E-state index contributed by atoms with van der Waals surface area (Å²) in [7, 11) is 0. The molecule has 1 fully saturated rings. The summed E-state index contributed by atoms with van der Waals surface area (Å²) in [5.74, 6) is -1.04. The van der Waals surface area contributed by atoms with Crippen molar-refractivity contribution in [3.05, 3.63) is 29.8 Å². The lowest BCUT2D eigenvalue weighted by atomic mass is 9.99. The van der Waals surface area contributed by atoms with Gasteiger partial charge in [0.2, 0.25) is 0 Å².